The van der Waals surface area contributed by atoms with Crippen molar-refractivity contribution in [2.24, 2.45) is 0 Å². The molecule has 0 saturated carbocycles. The van der Waals surface area contributed by atoms with Crippen LogP contribution in [0.2, 0.25) is 0 Å². The van der Waals surface area contributed by atoms with E-state index in [2.05, 4.69) is 21.3 Å². The topological polar surface area (TPSA) is 166 Å². The average Bonchev–Trinajstić information content (AvgIpc) is 3.30. The fourth-order valence-electron chi connectivity index (χ4n) is 4.33. The number of hydrogen-bond donors (Lipinski definition) is 5. The zero-order valence-electron chi connectivity index (χ0n) is 21.7. The van der Waals surface area contributed by atoms with Gasteiger partial charge in [0, 0.05) is 39.0 Å². The highest BCUT2D eigenvalue weighted by Crippen LogP contribution is 2.19. The van der Waals surface area contributed by atoms with Crippen LogP contribution in [0.15, 0.2) is 24.3 Å². The monoisotopic (exact) mass is 531 g/mol. The molecule has 12 heteroatoms. The van der Waals surface area contributed by atoms with Gasteiger partial charge in [-0.15, -0.1) is 0 Å². The van der Waals surface area contributed by atoms with E-state index in [1.54, 1.807) is 29.2 Å². The van der Waals surface area contributed by atoms with Gasteiger partial charge in [0.2, 0.25) is 23.6 Å². The number of amides is 5. The minimum absolute atomic E-state index is 0.0365. The van der Waals surface area contributed by atoms with Crippen molar-refractivity contribution >= 4 is 29.5 Å². The lowest BCUT2D eigenvalue weighted by atomic mass is 10.1. The first-order valence-electron chi connectivity index (χ1n) is 13.1. The van der Waals surface area contributed by atoms with E-state index < -0.39 is 41.8 Å². The van der Waals surface area contributed by atoms with Crippen molar-refractivity contribution in [2.45, 2.75) is 63.6 Å². The molecule has 2 aliphatic rings. The normalized spacial score (nSPS) is 22.4. The molecule has 2 aliphatic heterocycles. The van der Waals surface area contributed by atoms with Crippen molar-refractivity contribution in [3.63, 3.8) is 0 Å². The fourth-order valence-corrected chi connectivity index (χ4v) is 4.33. The Morgan fingerprint density at radius 1 is 1.16 bits per heavy atom. The summed E-state index contributed by atoms with van der Waals surface area (Å²) in [6, 6.07) is 4.42. The largest absolute Gasteiger partial charge is 0.493 e. The van der Waals surface area contributed by atoms with E-state index in [9.17, 15) is 29.1 Å². The lowest BCUT2D eigenvalue weighted by Crippen LogP contribution is -2.53. The molecule has 2 heterocycles. The number of ether oxygens (including phenoxy) is 1. The van der Waals surface area contributed by atoms with Crippen LogP contribution in [0.5, 0.6) is 5.75 Å². The van der Waals surface area contributed by atoms with Gasteiger partial charge >= 0.3 is 0 Å². The highest BCUT2D eigenvalue weighted by atomic mass is 16.5. The fraction of sp³-hybridized carbons (Fsp3) is 0.577. The van der Waals surface area contributed by atoms with E-state index in [1.807, 2.05) is 0 Å². The van der Waals surface area contributed by atoms with Gasteiger partial charge in [0.15, 0.2) is 0 Å². The minimum Gasteiger partial charge on any atom is -0.493 e. The number of hydrogen-bond acceptors (Lipinski definition) is 7. The predicted octanol–water partition coefficient (Wildman–Crippen LogP) is -0.542. The summed E-state index contributed by atoms with van der Waals surface area (Å²) in [5, 5.41) is 20.7. The molecular formula is C26H37N5O7. The van der Waals surface area contributed by atoms with Crippen molar-refractivity contribution in [3.8, 4) is 5.75 Å². The van der Waals surface area contributed by atoms with Crippen LogP contribution >= 0.6 is 0 Å². The first-order valence-corrected chi connectivity index (χ1v) is 13.1. The number of fused-ring (bicyclic) bond motifs is 1. The standard InChI is InChI=1S/C26H37N5O7/c1-17(32)23-26(37)28-13-6-16-38-20-8-3-2-7-18(20)24(35)29-19(10-11-21(33)30-23)25(36)27-12-5-15-31-14-4-9-22(31)34/h2-3,7-8,17,19,23,32H,4-6,9-16H2,1H3,(H,27,36)(H,28,37)(H,29,35)(H,30,33)/t17-,19+,23?/m1/s1. The van der Waals surface area contributed by atoms with E-state index in [0.717, 1.165) is 6.42 Å². The second-order valence-corrected chi connectivity index (χ2v) is 9.47. The van der Waals surface area contributed by atoms with Crippen LogP contribution in [0.25, 0.3) is 0 Å². The molecular weight excluding hydrogens is 494 g/mol. The molecule has 1 unspecified atom stereocenters. The highest BCUT2D eigenvalue weighted by molar-refractivity contribution is 5.99. The number of likely N-dealkylation sites (tertiary alicyclic amines) is 1. The van der Waals surface area contributed by atoms with Crippen LogP contribution in [-0.2, 0) is 19.2 Å². The summed E-state index contributed by atoms with van der Waals surface area (Å²) in [7, 11) is 0. The lowest BCUT2D eigenvalue weighted by Gasteiger charge is -2.23. The molecule has 1 aromatic rings. The smallest absolute Gasteiger partial charge is 0.255 e. The van der Waals surface area contributed by atoms with E-state index in [0.29, 0.717) is 44.6 Å². The summed E-state index contributed by atoms with van der Waals surface area (Å²) in [6.07, 6.45) is 1.02. The van der Waals surface area contributed by atoms with Gasteiger partial charge in [0.05, 0.1) is 18.3 Å². The Labute approximate surface area is 221 Å². The minimum atomic E-state index is -1.16. The van der Waals surface area contributed by atoms with Crippen molar-refractivity contribution in [1.29, 1.82) is 0 Å². The van der Waals surface area contributed by atoms with Gasteiger partial charge in [0.25, 0.3) is 5.91 Å². The van der Waals surface area contributed by atoms with Crippen LogP contribution in [0, 0.1) is 0 Å². The van der Waals surface area contributed by atoms with E-state index in [1.165, 1.54) is 6.92 Å². The van der Waals surface area contributed by atoms with Crippen LogP contribution in [0.1, 0.15) is 55.8 Å². The number of benzene rings is 1. The molecule has 5 amide bonds. The Kier molecular flexibility index (Phi) is 10.9. The zero-order valence-corrected chi connectivity index (χ0v) is 21.7. The summed E-state index contributed by atoms with van der Waals surface area (Å²) in [4.78, 5) is 64.8. The maximum absolute atomic E-state index is 13.1. The predicted molar refractivity (Wildman–Crippen MR) is 137 cm³/mol. The number of nitrogens with one attached hydrogen (secondary N) is 4. The number of aliphatic hydroxyl groups excluding tert-OH is 1. The summed E-state index contributed by atoms with van der Waals surface area (Å²) < 4.78 is 5.75. The average molecular weight is 532 g/mol. The molecule has 1 fully saturated rings. The maximum atomic E-state index is 13.1. The molecule has 0 bridgehead atoms. The SMILES string of the molecule is C[C@@H](O)C1NC(=O)CC[C@@H](C(=O)NCCCN2CCCC2=O)NC(=O)c2ccccc2OCCCNC1=O. The van der Waals surface area contributed by atoms with Crippen LogP contribution in [-0.4, -0.2) is 90.5 Å². The number of carbonyl (C=O) groups excluding carboxylic acids is 5. The van der Waals surface area contributed by atoms with Gasteiger partial charge in [-0.25, -0.2) is 0 Å². The van der Waals surface area contributed by atoms with Gasteiger partial charge < -0.3 is 36.0 Å². The molecule has 5 N–H and O–H groups in total. The number of rotatable bonds is 6. The second-order valence-electron chi connectivity index (χ2n) is 9.47. The Balaban J connectivity index is 1.70. The Morgan fingerprint density at radius 2 is 1.95 bits per heavy atom. The van der Waals surface area contributed by atoms with Crippen molar-refractivity contribution in [2.75, 3.05) is 32.8 Å². The Bertz CT molecular complexity index is 1020. The second kappa shape index (κ2) is 14.3. The van der Waals surface area contributed by atoms with Crippen molar-refractivity contribution < 1.29 is 33.8 Å². The zero-order chi connectivity index (χ0) is 27.5. The summed E-state index contributed by atoms with van der Waals surface area (Å²) in [5.74, 6) is -1.62. The molecule has 3 atom stereocenters. The van der Waals surface area contributed by atoms with Gasteiger partial charge in [-0.05, 0) is 44.7 Å². The molecule has 3 rings (SSSR count). The van der Waals surface area contributed by atoms with E-state index >= 15 is 0 Å². The molecule has 0 radical (unpaired) electrons. The van der Waals surface area contributed by atoms with Crippen LogP contribution < -0.4 is 26.0 Å². The molecule has 0 spiro atoms. The third-order valence-corrected chi connectivity index (χ3v) is 6.45. The highest BCUT2D eigenvalue weighted by Gasteiger charge is 2.28. The maximum Gasteiger partial charge on any atom is 0.255 e. The third-order valence-electron chi connectivity index (χ3n) is 6.45. The number of aliphatic hydroxyl groups is 1. The number of para-hydroxylation sites is 1. The number of carbonyl (C=O) groups is 5. The quantitative estimate of drug-likeness (QED) is 0.307. The molecule has 1 aromatic carbocycles. The molecule has 208 valence electrons. The molecule has 0 aliphatic carbocycles. The summed E-state index contributed by atoms with van der Waals surface area (Å²) in [5.41, 5.74) is 0.243. The van der Waals surface area contributed by atoms with Crippen molar-refractivity contribution in [1.82, 2.24) is 26.2 Å². The third kappa shape index (κ3) is 8.44. The van der Waals surface area contributed by atoms with Crippen LogP contribution in [0.4, 0.5) is 0 Å². The molecule has 1 saturated heterocycles. The van der Waals surface area contributed by atoms with Crippen molar-refractivity contribution in [3.05, 3.63) is 29.8 Å². The summed E-state index contributed by atoms with van der Waals surface area (Å²) in [6.45, 7) is 3.40. The van der Waals surface area contributed by atoms with Gasteiger partial charge in [-0.2, -0.15) is 0 Å². The van der Waals surface area contributed by atoms with E-state index in [4.69, 9.17) is 4.74 Å². The summed E-state index contributed by atoms with van der Waals surface area (Å²) >= 11 is 0. The first kappa shape index (κ1) is 28.9. The Hall–Kier alpha value is -3.67. The van der Waals surface area contributed by atoms with Crippen LogP contribution in [0.3, 0.4) is 0 Å². The lowest BCUT2D eigenvalue weighted by molar-refractivity contribution is -0.132. The number of nitrogens with zero attached hydrogens (tertiary/aromatic N) is 1. The molecule has 38 heavy (non-hydrogen) atoms. The first-order chi connectivity index (χ1) is 18.3. The molecule has 0 aromatic heterocycles. The van der Waals surface area contributed by atoms with Gasteiger partial charge in [-0.1, -0.05) is 12.1 Å². The van der Waals surface area contributed by atoms with Gasteiger partial charge in [-0.3, -0.25) is 24.0 Å². The van der Waals surface area contributed by atoms with E-state index in [-0.39, 0.29) is 37.5 Å². The van der Waals surface area contributed by atoms with Gasteiger partial charge in [0.1, 0.15) is 17.8 Å². The molecule has 12 nitrogen and oxygen atoms in total. The Morgan fingerprint density at radius 3 is 2.68 bits per heavy atom.